The lowest BCUT2D eigenvalue weighted by molar-refractivity contribution is 0.0487. The molecule has 0 spiro atoms. The molecule has 1 amide bonds. The molecular formula is C24H25ClN2O3S. The lowest BCUT2D eigenvalue weighted by Gasteiger charge is -2.38. The van der Waals surface area contributed by atoms with Crippen molar-refractivity contribution in [2.75, 3.05) is 19.8 Å². The van der Waals surface area contributed by atoms with Crippen LogP contribution in [0, 0.1) is 6.92 Å². The van der Waals surface area contributed by atoms with Gasteiger partial charge >= 0.3 is 0 Å². The van der Waals surface area contributed by atoms with E-state index in [4.69, 9.17) is 21.1 Å². The van der Waals surface area contributed by atoms with Gasteiger partial charge < -0.3 is 14.8 Å². The number of carbonyl (C=O) groups excluding carboxylic acids is 1. The Kier molecular flexibility index (Phi) is 6.90. The number of benzene rings is 2. The van der Waals surface area contributed by atoms with E-state index in [9.17, 15) is 4.79 Å². The van der Waals surface area contributed by atoms with Gasteiger partial charge in [-0.15, -0.1) is 11.3 Å². The zero-order valence-electron chi connectivity index (χ0n) is 17.4. The van der Waals surface area contributed by atoms with Gasteiger partial charge in [0.1, 0.15) is 12.4 Å². The van der Waals surface area contributed by atoms with Gasteiger partial charge in [-0.1, -0.05) is 29.8 Å². The van der Waals surface area contributed by atoms with Gasteiger partial charge in [-0.25, -0.2) is 4.98 Å². The minimum absolute atomic E-state index is 0.116. The van der Waals surface area contributed by atoms with E-state index in [0.717, 1.165) is 23.5 Å². The SMILES string of the molecule is Cc1nc(COc2cccc(C(=O)NCC3(c4ccc(Cl)cc4)CCOCC3)c2)cs1. The molecule has 5 nitrogen and oxygen atoms in total. The monoisotopic (exact) mass is 456 g/mol. The molecule has 0 unspecified atom stereocenters. The van der Waals surface area contributed by atoms with Crippen LogP contribution in [0.5, 0.6) is 5.75 Å². The molecule has 2 aromatic carbocycles. The first-order chi connectivity index (χ1) is 15.0. The molecule has 1 N–H and O–H groups in total. The predicted molar refractivity (Wildman–Crippen MR) is 123 cm³/mol. The maximum Gasteiger partial charge on any atom is 0.251 e. The fraction of sp³-hybridized carbons (Fsp3) is 0.333. The number of carbonyl (C=O) groups is 1. The number of rotatable bonds is 7. The van der Waals surface area contributed by atoms with Crippen LogP contribution in [0.3, 0.4) is 0 Å². The minimum Gasteiger partial charge on any atom is -0.487 e. The second kappa shape index (κ2) is 9.81. The van der Waals surface area contributed by atoms with Crippen molar-refractivity contribution in [2.45, 2.75) is 31.8 Å². The highest BCUT2D eigenvalue weighted by Gasteiger charge is 2.35. The van der Waals surface area contributed by atoms with Gasteiger partial charge in [0.05, 0.1) is 10.7 Å². The number of thiazole rings is 1. The van der Waals surface area contributed by atoms with Crippen molar-refractivity contribution < 1.29 is 14.3 Å². The number of halogens is 1. The summed E-state index contributed by atoms with van der Waals surface area (Å²) in [4.78, 5) is 17.3. The van der Waals surface area contributed by atoms with E-state index in [1.807, 2.05) is 36.6 Å². The van der Waals surface area contributed by atoms with Crippen LogP contribution in [-0.4, -0.2) is 30.6 Å². The quantitative estimate of drug-likeness (QED) is 0.533. The summed E-state index contributed by atoms with van der Waals surface area (Å²) in [5.41, 5.74) is 2.48. The highest BCUT2D eigenvalue weighted by Crippen LogP contribution is 2.35. The van der Waals surface area contributed by atoms with Gasteiger partial charge in [0.15, 0.2) is 0 Å². The summed E-state index contributed by atoms with van der Waals surface area (Å²) in [6.07, 6.45) is 1.70. The highest BCUT2D eigenvalue weighted by molar-refractivity contribution is 7.09. The number of ether oxygens (including phenoxy) is 2. The molecule has 0 radical (unpaired) electrons. The first-order valence-electron chi connectivity index (χ1n) is 10.3. The Morgan fingerprint density at radius 3 is 2.71 bits per heavy atom. The molecule has 1 saturated heterocycles. The smallest absolute Gasteiger partial charge is 0.251 e. The van der Waals surface area contributed by atoms with E-state index in [2.05, 4.69) is 22.4 Å². The van der Waals surface area contributed by atoms with Gasteiger partial charge in [0.2, 0.25) is 0 Å². The first-order valence-corrected chi connectivity index (χ1v) is 11.6. The molecule has 162 valence electrons. The van der Waals surface area contributed by atoms with Crippen LogP contribution in [0.1, 0.15) is 39.5 Å². The Labute approximate surface area is 191 Å². The molecule has 2 heterocycles. The highest BCUT2D eigenvalue weighted by atomic mass is 35.5. The standard InChI is InChI=1S/C24H25ClN2O3S/c1-17-27-21(15-31-17)14-30-22-4-2-3-18(13-22)23(28)26-16-24(9-11-29-12-10-24)19-5-7-20(25)8-6-19/h2-8,13,15H,9-12,14,16H2,1H3,(H,26,28). The average Bonchev–Trinajstić information content (AvgIpc) is 3.22. The second-order valence-electron chi connectivity index (χ2n) is 7.76. The lowest BCUT2D eigenvalue weighted by atomic mass is 9.74. The van der Waals surface area contributed by atoms with Crippen molar-refractivity contribution in [2.24, 2.45) is 0 Å². The van der Waals surface area contributed by atoms with Gasteiger partial charge in [0.25, 0.3) is 5.91 Å². The zero-order chi connectivity index (χ0) is 21.7. The molecule has 4 rings (SSSR count). The van der Waals surface area contributed by atoms with Crippen LogP contribution in [0.2, 0.25) is 5.02 Å². The lowest BCUT2D eigenvalue weighted by Crippen LogP contribution is -2.44. The molecule has 1 aliphatic rings. The van der Waals surface area contributed by atoms with Crippen LogP contribution >= 0.6 is 22.9 Å². The largest absolute Gasteiger partial charge is 0.487 e. The summed E-state index contributed by atoms with van der Waals surface area (Å²) >= 11 is 7.67. The summed E-state index contributed by atoms with van der Waals surface area (Å²) < 4.78 is 11.4. The number of hydrogen-bond acceptors (Lipinski definition) is 5. The Morgan fingerprint density at radius 1 is 1.23 bits per heavy atom. The van der Waals surface area contributed by atoms with Crippen LogP contribution in [0.25, 0.3) is 0 Å². The summed E-state index contributed by atoms with van der Waals surface area (Å²) in [6.45, 7) is 4.25. The van der Waals surface area contributed by atoms with Crippen molar-refractivity contribution in [1.29, 1.82) is 0 Å². The first kappa shape index (κ1) is 21.8. The average molecular weight is 457 g/mol. The zero-order valence-corrected chi connectivity index (χ0v) is 19.0. The summed E-state index contributed by atoms with van der Waals surface area (Å²) in [5.74, 6) is 0.534. The maximum atomic E-state index is 12.9. The van der Waals surface area contributed by atoms with Gasteiger partial charge in [0, 0.05) is 41.1 Å². The third-order valence-corrected chi connectivity index (χ3v) is 6.72. The topological polar surface area (TPSA) is 60.5 Å². The normalized spacial score (nSPS) is 15.4. The third-order valence-electron chi connectivity index (χ3n) is 5.64. The molecule has 1 aromatic heterocycles. The molecule has 31 heavy (non-hydrogen) atoms. The van der Waals surface area contributed by atoms with Crippen LogP contribution in [0.4, 0.5) is 0 Å². The van der Waals surface area contributed by atoms with Gasteiger partial charge in [-0.3, -0.25) is 4.79 Å². The maximum absolute atomic E-state index is 12.9. The van der Waals surface area contributed by atoms with Crippen LogP contribution in [0.15, 0.2) is 53.9 Å². The number of aromatic nitrogens is 1. The molecule has 0 bridgehead atoms. The fourth-order valence-electron chi connectivity index (χ4n) is 3.84. The van der Waals surface area contributed by atoms with Crippen LogP contribution < -0.4 is 10.1 Å². The Hall–Kier alpha value is -2.41. The number of nitrogens with one attached hydrogen (secondary N) is 1. The summed E-state index contributed by atoms with van der Waals surface area (Å²) in [6, 6.07) is 15.2. The molecule has 1 aliphatic heterocycles. The van der Waals surface area contributed by atoms with E-state index in [1.165, 1.54) is 5.56 Å². The fourth-order valence-corrected chi connectivity index (χ4v) is 4.57. The predicted octanol–water partition coefficient (Wildman–Crippen LogP) is 5.16. The van der Waals surface area contributed by atoms with E-state index < -0.39 is 0 Å². The Morgan fingerprint density at radius 2 is 2.00 bits per heavy atom. The van der Waals surface area contributed by atoms with Crippen molar-refractivity contribution in [3.05, 3.63) is 80.8 Å². The van der Waals surface area contributed by atoms with Crippen molar-refractivity contribution in [3.8, 4) is 5.75 Å². The van der Waals surface area contributed by atoms with Gasteiger partial charge in [-0.05, 0) is 55.7 Å². The van der Waals surface area contributed by atoms with E-state index in [0.29, 0.717) is 42.7 Å². The number of aryl methyl sites for hydroxylation is 1. The second-order valence-corrected chi connectivity index (χ2v) is 9.26. The van der Waals surface area contributed by atoms with Crippen molar-refractivity contribution in [3.63, 3.8) is 0 Å². The molecule has 0 saturated carbocycles. The van der Waals surface area contributed by atoms with Gasteiger partial charge in [-0.2, -0.15) is 0 Å². The number of amides is 1. The molecule has 0 atom stereocenters. The van der Waals surface area contributed by atoms with Crippen molar-refractivity contribution in [1.82, 2.24) is 10.3 Å². The van der Waals surface area contributed by atoms with E-state index in [-0.39, 0.29) is 11.3 Å². The number of nitrogens with zero attached hydrogens (tertiary/aromatic N) is 1. The minimum atomic E-state index is -0.158. The molecular weight excluding hydrogens is 432 g/mol. The Balaban J connectivity index is 1.42. The Bertz CT molecular complexity index is 1030. The molecule has 3 aromatic rings. The molecule has 0 aliphatic carbocycles. The molecule has 7 heteroatoms. The summed E-state index contributed by atoms with van der Waals surface area (Å²) in [7, 11) is 0. The summed E-state index contributed by atoms with van der Waals surface area (Å²) in [5, 5.41) is 6.83. The molecule has 1 fully saturated rings. The van der Waals surface area contributed by atoms with E-state index in [1.54, 1.807) is 23.5 Å². The third kappa shape index (κ3) is 5.45. The van der Waals surface area contributed by atoms with E-state index >= 15 is 0 Å². The van der Waals surface area contributed by atoms with Crippen LogP contribution in [-0.2, 0) is 16.8 Å². The van der Waals surface area contributed by atoms with Crippen molar-refractivity contribution >= 4 is 28.8 Å². The number of hydrogen-bond donors (Lipinski definition) is 1.